The summed E-state index contributed by atoms with van der Waals surface area (Å²) < 4.78 is 0. The molecule has 2 atom stereocenters. The number of unbranched alkanes of at least 4 members (excludes halogenated alkanes) is 1. The Morgan fingerprint density at radius 3 is 2.76 bits per heavy atom. The van der Waals surface area contributed by atoms with Gasteiger partial charge in [-0.15, -0.1) is 0 Å². The van der Waals surface area contributed by atoms with Crippen LogP contribution in [0.3, 0.4) is 0 Å². The van der Waals surface area contributed by atoms with E-state index in [1.807, 2.05) is 0 Å². The van der Waals surface area contributed by atoms with Gasteiger partial charge in [0.05, 0.1) is 0 Å². The van der Waals surface area contributed by atoms with E-state index in [4.69, 9.17) is 5.73 Å². The molecule has 4 heteroatoms. The number of carbonyl (C=O) groups excluding carboxylic acids is 1. The van der Waals surface area contributed by atoms with Gasteiger partial charge in [-0.1, -0.05) is 6.42 Å². The molecule has 4 nitrogen and oxygen atoms in total. The summed E-state index contributed by atoms with van der Waals surface area (Å²) >= 11 is 0. The second kappa shape index (κ2) is 7.67. The highest BCUT2D eigenvalue weighted by molar-refractivity contribution is 5.79. The van der Waals surface area contributed by atoms with Crippen LogP contribution in [0.15, 0.2) is 0 Å². The molecule has 100 valence electrons. The van der Waals surface area contributed by atoms with Crippen LogP contribution in [-0.4, -0.2) is 44.5 Å². The van der Waals surface area contributed by atoms with Crippen molar-refractivity contribution in [2.75, 3.05) is 33.7 Å². The van der Waals surface area contributed by atoms with Crippen LogP contribution in [-0.2, 0) is 4.79 Å². The molecule has 0 heterocycles. The molecule has 2 unspecified atom stereocenters. The minimum atomic E-state index is 0.175. The molecule has 0 bridgehead atoms. The molecule has 1 rings (SSSR count). The average molecular weight is 241 g/mol. The highest BCUT2D eigenvalue weighted by Gasteiger charge is 2.31. The van der Waals surface area contributed by atoms with Gasteiger partial charge >= 0.3 is 0 Å². The summed E-state index contributed by atoms with van der Waals surface area (Å²) in [4.78, 5) is 14.1. The third kappa shape index (κ3) is 5.04. The smallest absolute Gasteiger partial charge is 0.223 e. The lowest BCUT2D eigenvalue weighted by Crippen LogP contribution is -2.35. The van der Waals surface area contributed by atoms with Crippen LogP contribution >= 0.6 is 0 Å². The van der Waals surface area contributed by atoms with Gasteiger partial charge in [-0.2, -0.15) is 0 Å². The van der Waals surface area contributed by atoms with Crippen LogP contribution in [0.4, 0.5) is 0 Å². The highest BCUT2D eigenvalue weighted by Crippen LogP contribution is 2.30. The third-order valence-electron chi connectivity index (χ3n) is 3.63. The van der Waals surface area contributed by atoms with Gasteiger partial charge in [0.1, 0.15) is 0 Å². The summed E-state index contributed by atoms with van der Waals surface area (Å²) in [5.74, 6) is 0.813. The summed E-state index contributed by atoms with van der Waals surface area (Å²) in [7, 11) is 4.14. The summed E-state index contributed by atoms with van der Waals surface area (Å²) in [5, 5.41) is 3.05. The van der Waals surface area contributed by atoms with Gasteiger partial charge < -0.3 is 16.0 Å². The third-order valence-corrected chi connectivity index (χ3v) is 3.63. The number of nitrogens with zero attached hydrogens (tertiary/aromatic N) is 1. The van der Waals surface area contributed by atoms with Crippen molar-refractivity contribution < 1.29 is 4.79 Å². The van der Waals surface area contributed by atoms with Gasteiger partial charge in [0, 0.05) is 12.5 Å². The zero-order valence-electron chi connectivity index (χ0n) is 11.2. The number of nitrogens with two attached hydrogens (primary N) is 1. The Morgan fingerprint density at radius 1 is 1.35 bits per heavy atom. The quantitative estimate of drug-likeness (QED) is 0.649. The maximum atomic E-state index is 11.9. The molecule has 1 amide bonds. The zero-order chi connectivity index (χ0) is 12.7. The fraction of sp³-hybridized carbons (Fsp3) is 0.923. The molecule has 0 aromatic carbocycles. The molecule has 0 aliphatic heterocycles. The summed E-state index contributed by atoms with van der Waals surface area (Å²) in [6.07, 6.45) is 5.49. The fourth-order valence-electron chi connectivity index (χ4n) is 2.56. The summed E-state index contributed by atoms with van der Waals surface area (Å²) in [5.41, 5.74) is 5.69. The second-order valence-corrected chi connectivity index (χ2v) is 5.33. The lowest BCUT2D eigenvalue weighted by atomic mass is 9.95. The average Bonchev–Trinajstić information content (AvgIpc) is 2.75. The maximum Gasteiger partial charge on any atom is 0.223 e. The summed E-state index contributed by atoms with van der Waals surface area (Å²) in [6.45, 7) is 2.55. The van der Waals surface area contributed by atoms with E-state index in [0.717, 1.165) is 45.2 Å². The second-order valence-electron chi connectivity index (χ2n) is 5.33. The maximum absolute atomic E-state index is 11.9. The molecular weight excluding hydrogens is 214 g/mol. The van der Waals surface area contributed by atoms with Crippen molar-refractivity contribution >= 4 is 5.91 Å². The molecule has 1 aliphatic carbocycles. The number of nitrogens with one attached hydrogen (secondary N) is 1. The van der Waals surface area contributed by atoms with E-state index in [9.17, 15) is 4.79 Å². The van der Waals surface area contributed by atoms with Gasteiger partial charge in [0.25, 0.3) is 0 Å². The number of amides is 1. The lowest BCUT2D eigenvalue weighted by molar-refractivity contribution is -0.125. The Balaban J connectivity index is 2.12. The summed E-state index contributed by atoms with van der Waals surface area (Å²) in [6, 6.07) is 0. The first kappa shape index (κ1) is 14.5. The Bertz CT molecular complexity index is 231. The van der Waals surface area contributed by atoms with Crippen molar-refractivity contribution in [1.29, 1.82) is 0 Å². The van der Waals surface area contributed by atoms with Crippen LogP contribution in [0.1, 0.15) is 32.1 Å². The highest BCUT2D eigenvalue weighted by atomic mass is 16.1. The SMILES string of the molecule is CN(C)CCCCNC(=O)C1CCCC1CN. The van der Waals surface area contributed by atoms with Crippen LogP contribution in [0.2, 0.25) is 0 Å². The van der Waals surface area contributed by atoms with E-state index < -0.39 is 0 Å². The van der Waals surface area contributed by atoms with Gasteiger partial charge in [-0.05, 0) is 58.8 Å². The molecule has 0 radical (unpaired) electrons. The van der Waals surface area contributed by atoms with Crippen LogP contribution in [0.5, 0.6) is 0 Å². The van der Waals surface area contributed by atoms with Gasteiger partial charge in [-0.25, -0.2) is 0 Å². The molecule has 1 fully saturated rings. The van der Waals surface area contributed by atoms with Crippen molar-refractivity contribution in [3.8, 4) is 0 Å². The van der Waals surface area contributed by atoms with Crippen LogP contribution in [0, 0.1) is 11.8 Å². The van der Waals surface area contributed by atoms with E-state index >= 15 is 0 Å². The minimum Gasteiger partial charge on any atom is -0.356 e. The van der Waals surface area contributed by atoms with E-state index in [1.54, 1.807) is 0 Å². The zero-order valence-corrected chi connectivity index (χ0v) is 11.2. The number of rotatable bonds is 7. The Labute approximate surface area is 105 Å². The topological polar surface area (TPSA) is 58.4 Å². The van der Waals surface area contributed by atoms with E-state index in [1.165, 1.54) is 0 Å². The first-order valence-corrected chi connectivity index (χ1v) is 6.77. The lowest BCUT2D eigenvalue weighted by Gasteiger charge is -2.17. The molecule has 17 heavy (non-hydrogen) atoms. The first-order valence-electron chi connectivity index (χ1n) is 6.77. The molecule has 1 saturated carbocycles. The normalized spacial score (nSPS) is 24.2. The van der Waals surface area contributed by atoms with Crippen molar-refractivity contribution in [2.45, 2.75) is 32.1 Å². The standard InChI is InChI=1S/C13H27N3O/c1-16(2)9-4-3-8-15-13(17)12-7-5-6-11(12)10-14/h11-12H,3-10,14H2,1-2H3,(H,15,17). The van der Waals surface area contributed by atoms with Crippen molar-refractivity contribution in [3.63, 3.8) is 0 Å². The van der Waals surface area contributed by atoms with Crippen molar-refractivity contribution in [1.82, 2.24) is 10.2 Å². The van der Waals surface area contributed by atoms with Crippen molar-refractivity contribution in [3.05, 3.63) is 0 Å². The molecule has 0 aromatic rings. The molecule has 0 aromatic heterocycles. The predicted molar refractivity (Wildman–Crippen MR) is 70.7 cm³/mol. The molecule has 0 saturated heterocycles. The molecule has 0 spiro atoms. The van der Waals surface area contributed by atoms with Crippen molar-refractivity contribution in [2.24, 2.45) is 17.6 Å². The molecular formula is C13H27N3O. The molecule has 1 aliphatic rings. The van der Waals surface area contributed by atoms with Gasteiger partial charge in [0.15, 0.2) is 0 Å². The number of carbonyl (C=O) groups is 1. The van der Waals surface area contributed by atoms with Crippen LogP contribution in [0.25, 0.3) is 0 Å². The first-order chi connectivity index (χ1) is 8.15. The monoisotopic (exact) mass is 241 g/mol. The van der Waals surface area contributed by atoms with E-state index in [-0.39, 0.29) is 11.8 Å². The largest absolute Gasteiger partial charge is 0.356 e. The fourth-order valence-corrected chi connectivity index (χ4v) is 2.56. The van der Waals surface area contributed by atoms with E-state index in [2.05, 4.69) is 24.3 Å². The molecule has 3 N–H and O–H groups in total. The van der Waals surface area contributed by atoms with Crippen LogP contribution < -0.4 is 11.1 Å². The van der Waals surface area contributed by atoms with Gasteiger partial charge in [-0.3, -0.25) is 4.79 Å². The Morgan fingerprint density at radius 2 is 2.12 bits per heavy atom. The Kier molecular flexibility index (Phi) is 6.52. The predicted octanol–water partition coefficient (Wildman–Crippen LogP) is 0.819. The minimum absolute atomic E-state index is 0.175. The Hall–Kier alpha value is -0.610. The van der Waals surface area contributed by atoms with Gasteiger partial charge in [0.2, 0.25) is 5.91 Å². The number of hydrogen-bond donors (Lipinski definition) is 2. The van der Waals surface area contributed by atoms with E-state index in [0.29, 0.717) is 12.5 Å². The number of hydrogen-bond acceptors (Lipinski definition) is 3.